The fourth-order valence-electron chi connectivity index (χ4n) is 1.35. The Morgan fingerprint density at radius 2 is 1.95 bits per heavy atom. The molecule has 0 heterocycles. The molecule has 106 valence electrons. The van der Waals surface area contributed by atoms with Crippen molar-refractivity contribution in [3.8, 4) is 5.75 Å². The molecule has 0 aliphatic rings. The highest BCUT2D eigenvalue weighted by Crippen LogP contribution is 2.46. The fourth-order valence-corrected chi connectivity index (χ4v) is 2.32. The van der Waals surface area contributed by atoms with Crippen molar-refractivity contribution in [2.24, 2.45) is 0 Å². The van der Waals surface area contributed by atoms with Crippen LogP contribution in [0.2, 0.25) is 0 Å². The van der Waals surface area contributed by atoms with Crippen LogP contribution in [0.25, 0.3) is 0 Å². The zero-order valence-electron chi connectivity index (χ0n) is 11.0. The first-order chi connectivity index (χ1) is 8.90. The summed E-state index contributed by atoms with van der Waals surface area (Å²) in [7, 11) is -0.720. The van der Waals surface area contributed by atoms with E-state index < -0.39 is 13.6 Å². The van der Waals surface area contributed by atoms with Gasteiger partial charge >= 0.3 is 13.6 Å². The summed E-state index contributed by atoms with van der Waals surface area (Å²) in [6.07, 6.45) is -0.186. The number of carbonyl (C=O) groups excluding carboxylic acids is 1. The van der Waals surface area contributed by atoms with E-state index in [0.717, 1.165) is 0 Å². The van der Waals surface area contributed by atoms with Crippen LogP contribution >= 0.6 is 7.60 Å². The third kappa shape index (κ3) is 4.74. The monoisotopic (exact) mass is 290 g/mol. The number of esters is 1. The van der Waals surface area contributed by atoms with Gasteiger partial charge in [-0.15, -0.1) is 0 Å². The lowest BCUT2D eigenvalue weighted by atomic mass is 10.2. The molecule has 0 N–H and O–H groups in total. The topological polar surface area (TPSA) is 61.8 Å². The van der Waals surface area contributed by atoms with Crippen molar-refractivity contribution in [1.82, 2.24) is 0 Å². The number of benzene rings is 1. The second-order valence-corrected chi connectivity index (χ2v) is 6.23. The van der Waals surface area contributed by atoms with Crippen LogP contribution in [-0.4, -0.2) is 26.4 Å². The van der Waals surface area contributed by atoms with Gasteiger partial charge < -0.3 is 13.8 Å². The van der Waals surface area contributed by atoms with Gasteiger partial charge in [0.1, 0.15) is 11.6 Å². The Balaban J connectivity index is 2.56. The van der Waals surface area contributed by atoms with Crippen LogP contribution in [0.4, 0.5) is 4.39 Å². The Morgan fingerprint density at radius 3 is 2.47 bits per heavy atom. The first-order valence-electron chi connectivity index (χ1n) is 5.57. The van der Waals surface area contributed by atoms with E-state index in [9.17, 15) is 13.8 Å². The Morgan fingerprint density at radius 1 is 1.32 bits per heavy atom. The number of ether oxygens (including phenoxy) is 1. The van der Waals surface area contributed by atoms with Crippen LogP contribution in [0.1, 0.15) is 12.0 Å². The van der Waals surface area contributed by atoms with Crippen molar-refractivity contribution in [2.45, 2.75) is 13.3 Å². The molecule has 0 bridgehead atoms. The number of aryl methyl sites for hydroxylation is 1. The van der Waals surface area contributed by atoms with Gasteiger partial charge in [-0.05, 0) is 30.7 Å². The average Bonchev–Trinajstić information content (AvgIpc) is 2.40. The van der Waals surface area contributed by atoms with Gasteiger partial charge in [-0.25, -0.2) is 4.39 Å². The molecular formula is C12H16FO5P. The normalized spacial score (nSPS) is 11.4. The van der Waals surface area contributed by atoms with Gasteiger partial charge in [0, 0.05) is 14.2 Å². The Labute approximate surface area is 111 Å². The molecule has 0 aliphatic heterocycles. The molecule has 19 heavy (non-hydrogen) atoms. The molecule has 0 aliphatic carbocycles. The van der Waals surface area contributed by atoms with Crippen molar-refractivity contribution >= 4 is 13.6 Å². The summed E-state index contributed by atoms with van der Waals surface area (Å²) in [5.74, 6) is -0.711. The molecule has 0 atom stereocenters. The summed E-state index contributed by atoms with van der Waals surface area (Å²) >= 11 is 0. The van der Waals surface area contributed by atoms with Gasteiger partial charge in [-0.3, -0.25) is 9.36 Å². The van der Waals surface area contributed by atoms with Crippen molar-refractivity contribution < 1.29 is 27.5 Å². The van der Waals surface area contributed by atoms with Crippen LogP contribution in [0.15, 0.2) is 18.2 Å². The molecule has 1 aromatic carbocycles. The maximum Gasteiger partial charge on any atom is 0.330 e. The Hall–Kier alpha value is -1.23. The maximum atomic E-state index is 13.0. The van der Waals surface area contributed by atoms with Crippen LogP contribution in [0.5, 0.6) is 5.75 Å². The van der Waals surface area contributed by atoms with Gasteiger partial charge in [0.15, 0.2) is 0 Å². The minimum atomic E-state index is -3.22. The van der Waals surface area contributed by atoms with E-state index in [1.165, 1.54) is 32.4 Å². The van der Waals surface area contributed by atoms with E-state index in [2.05, 4.69) is 0 Å². The molecule has 1 rings (SSSR count). The van der Waals surface area contributed by atoms with Crippen LogP contribution in [-0.2, 0) is 18.4 Å². The van der Waals surface area contributed by atoms with Crippen molar-refractivity contribution in [3.63, 3.8) is 0 Å². The van der Waals surface area contributed by atoms with Crippen molar-refractivity contribution in [2.75, 3.05) is 20.4 Å². The molecule has 0 fully saturated rings. The largest absolute Gasteiger partial charge is 0.427 e. The van der Waals surface area contributed by atoms with Crippen LogP contribution < -0.4 is 4.74 Å². The highest BCUT2D eigenvalue weighted by atomic mass is 31.2. The molecule has 0 aromatic heterocycles. The third-order valence-electron chi connectivity index (χ3n) is 2.51. The van der Waals surface area contributed by atoms with Gasteiger partial charge in [-0.2, -0.15) is 0 Å². The number of rotatable bonds is 6. The number of hydrogen-bond donors (Lipinski definition) is 0. The first-order valence-corrected chi connectivity index (χ1v) is 7.30. The van der Waals surface area contributed by atoms with E-state index >= 15 is 0 Å². The predicted molar refractivity (Wildman–Crippen MR) is 67.9 cm³/mol. The SMILES string of the molecule is COP(=O)(CCC(=O)Oc1ccc(F)c(C)c1)OC. The molecule has 0 saturated carbocycles. The summed E-state index contributed by atoms with van der Waals surface area (Å²) in [5.41, 5.74) is 0.379. The summed E-state index contributed by atoms with van der Waals surface area (Å²) in [4.78, 5) is 11.5. The molecule has 5 nitrogen and oxygen atoms in total. The first kappa shape index (κ1) is 15.8. The Kier molecular flexibility index (Phi) is 5.66. The van der Waals surface area contributed by atoms with E-state index in [1.54, 1.807) is 6.92 Å². The average molecular weight is 290 g/mol. The van der Waals surface area contributed by atoms with Gasteiger partial charge in [-0.1, -0.05) is 0 Å². The van der Waals surface area contributed by atoms with E-state index in [0.29, 0.717) is 5.56 Å². The zero-order chi connectivity index (χ0) is 14.5. The van der Waals surface area contributed by atoms with Gasteiger partial charge in [0.05, 0.1) is 12.6 Å². The predicted octanol–water partition coefficient (Wildman–Crippen LogP) is 2.92. The smallest absolute Gasteiger partial charge is 0.330 e. The number of hydrogen-bond acceptors (Lipinski definition) is 5. The van der Waals surface area contributed by atoms with E-state index in [1.807, 2.05) is 0 Å². The summed E-state index contributed by atoms with van der Waals surface area (Å²) in [5, 5.41) is 0. The molecule has 7 heteroatoms. The lowest BCUT2D eigenvalue weighted by Crippen LogP contribution is -2.11. The fraction of sp³-hybridized carbons (Fsp3) is 0.417. The summed E-state index contributed by atoms with van der Waals surface area (Å²) in [6, 6.07) is 3.99. The lowest BCUT2D eigenvalue weighted by Gasteiger charge is -2.12. The molecular weight excluding hydrogens is 274 g/mol. The molecule has 0 amide bonds. The number of halogens is 1. The molecule has 0 radical (unpaired) electrons. The number of carbonyl (C=O) groups is 1. The van der Waals surface area contributed by atoms with Crippen molar-refractivity contribution in [1.29, 1.82) is 0 Å². The minimum Gasteiger partial charge on any atom is -0.427 e. The second kappa shape index (κ2) is 6.80. The quantitative estimate of drug-likeness (QED) is 0.458. The third-order valence-corrected chi connectivity index (χ3v) is 4.39. The zero-order valence-corrected chi connectivity index (χ0v) is 11.9. The highest BCUT2D eigenvalue weighted by Gasteiger charge is 2.23. The Bertz CT molecular complexity index is 495. The van der Waals surface area contributed by atoms with E-state index in [4.69, 9.17) is 13.8 Å². The lowest BCUT2D eigenvalue weighted by molar-refractivity contribution is -0.134. The second-order valence-electron chi connectivity index (χ2n) is 3.83. The molecule has 0 unspecified atom stereocenters. The highest BCUT2D eigenvalue weighted by molar-refractivity contribution is 7.53. The summed E-state index contributed by atoms with van der Waals surface area (Å²) < 4.78 is 39.1. The summed E-state index contributed by atoms with van der Waals surface area (Å²) in [6.45, 7) is 1.57. The van der Waals surface area contributed by atoms with Gasteiger partial charge in [0.25, 0.3) is 0 Å². The molecule has 0 spiro atoms. The minimum absolute atomic E-state index is 0.0704. The molecule has 0 saturated heterocycles. The van der Waals surface area contributed by atoms with E-state index in [-0.39, 0.29) is 24.1 Å². The standard InChI is InChI=1S/C12H16FO5P/c1-9-8-10(4-5-11(9)13)18-12(14)6-7-19(15,16-2)17-3/h4-5,8H,6-7H2,1-3H3. The van der Waals surface area contributed by atoms with Gasteiger partial charge in [0.2, 0.25) is 0 Å². The van der Waals surface area contributed by atoms with Crippen LogP contribution in [0, 0.1) is 12.7 Å². The maximum absolute atomic E-state index is 13.0. The molecule has 1 aromatic rings. The van der Waals surface area contributed by atoms with Crippen LogP contribution in [0.3, 0.4) is 0 Å². The van der Waals surface area contributed by atoms with Crippen molar-refractivity contribution in [3.05, 3.63) is 29.6 Å².